The number of hydrogen-bond donors (Lipinski definition) is 3. The number of hydrogen-bond acceptors (Lipinski definition) is 4. The van der Waals surface area contributed by atoms with E-state index >= 15 is 0 Å². The summed E-state index contributed by atoms with van der Waals surface area (Å²) in [5, 5.41) is 28.5. The first-order valence-corrected chi connectivity index (χ1v) is 6.99. The van der Waals surface area contributed by atoms with Gasteiger partial charge in [-0.25, -0.2) is 0 Å². The zero-order chi connectivity index (χ0) is 14.8. The number of benzene rings is 1. The highest BCUT2D eigenvalue weighted by Crippen LogP contribution is 2.36. The Hall–Kier alpha value is -1.75. The second-order valence-electron chi connectivity index (χ2n) is 5.43. The van der Waals surface area contributed by atoms with Crippen molar-refractivity contribution in [2.24, 2.45) is 0 Å². The first-order valence-electron chi connectivity index (χ1n) is 6.99. The Morgan fingerprint density at radius 3 is 2.70 bits per heavy atom. The lowest BCUT2D eigenvalue weighted by Gasteiger charge is -2.34. The van der Waals surface area contributed by atoms with Gasteiger partial charge in [-0.1, -0.05) is 19.4 Å². The molecule has 20 heavy (non-hydrogen) atoms. The van der Waals surface area contributed by atoms with Gasteiger partial charge in [-0.15, -0.1) is 0 Å². The van der Waals surface area contributed by atoms with Gasteiger partial charge in [0, 0.05) is 6.54 Å². The fourth-order valence-corrected chi connectivity index (χ4v) is 3.10. The van der Waals surface area contributed by atoms with E-state index in [1.165, 1.54) is 12.1 Å². The summed E-state index contributed by atoms with van der Waals surface area (Å²) in [7, 11) is 0. The van der Waals surface area contributed by atoms with Crippen molar-refractivity contribution in [1.29, 1.82) is 0 Å². The molecule has 0 radical (unpaired) electrons. The van der Waals surface area contributed by atoms with Gasteiger partial charge in [0.15, 0.2) is 11.5 Å². The maximum absolute atomic E-state index is 11.7. The van der Waals surface area contributed by atoms with E-state index in [4.69, 9.17) is 0 Å². The second-order valence-corrected chi connectivity index (χ2v) is 5.43. The van der Waals surface area contributed by atoms with Crippen LogP contribution in [-0.2, 0) is 11.3 Å². The van der Waals surface area contributed by atoms with E-state index in [0.717, 1.165) is 24.9 Å². The van der Waals surface area contributed by atoms with Gasteiger partial charge in [-0.2, -0.15) is 0 Å². The summed E-state index contributed by atoms with van der Waals surface area (Å²) >= 11 is 0. The second kappa shape index (κ2) is 5.71. The van der Waals surface area contributed by atoms with E-state index in [0.29, 0.717) is 19.4 Å². The number of likely N-dealkylation sites (tertiary alicyclic amines) is 1. The highest BCUT2D eigenvalue weighted by molar-refractivity contribution is 5.79. The maximum atomic E-state index is 11.7. The third-order valence-corrected chi connectivity index (χ3v) is 4.10. The van der Waals surface area contributed by atoms with Gasteiger partial charge < -0.3 is 15.3 Å². The van der Waals surface area contributed by atoms with Crippen LogP contribution in [0, 0.1) is 0 Å². The number of phenols is 2. The lowest BCUT2D eigenvalue weighted by molar-refractivity contribution is -0.150. The van der Waals surface area contributed by atoms with Crippen LogP contribution in [0.4, 0.5) is 0 Å². The van der Waals surface area contributed by atoms with Crippen LogP contribution in [-0.4, -0.2) is 38.3 Å². The Bertz CT molecular complexity index is 503. The molecule has 0 spiro atoms. The van der Waals surface area contributed by atoms with E-state index in [1.807, 2.05) is 11.8 Å². The summed E-state index contributed by atoms with van der Waals surface area (Å²) in [4.78, 5) is 13.7. The number of phenolic OH excluding ortho intramolecular Hbond substituents is 2. The molecule has 1 heterocycles. The lowest BCUT2D eigenvalue weighted by Crippen LogP contribution is -2.49. The Morgan fingerprint density at radius 1 is 1.35 bits per heavy atom. The summed E-state index contributed by atoms with van der Waals surface area (Å²) in [5.74, 6) is -1.09. The number of aromatic hydroxyl groups is 2. The molecule has 1 aromatic rings. The van der Waals surface area contributed by atoms with Crippen LogP contribution in [0.2, 0.25) is 0 Å². The van der Waals surface area contributed by atoms with Gasteiger partial charge in [-0.05, 0) is 43.5 Å². The molecule has 1 aliphatic heterocycles. The molecule has 3 N–H and O–H groups in total. The Balaban J connectivity index is 2.22. The molecule has 5 heteroatoms. The topological polar surface area (TPSA) is 81.0 Å². The van der Waals surface area contributed by atoms with Crippen molar-refractivity contribution < 1.29 is 20.1 Å². The summed E-state index contributed by atoms with van der Waals surface area (Å²) < 4.78 is 0. The van der Waals surface area contributed by atoms with Crippen LogP contribution in [0.15, 0.2) is 18.2 Å². The minimum atomic E-state index is -0.789. The normalized spacial score (nSPS) is 23.1. The van der Waals surface area contributed by atoms with Crippen molar-refractivity contribution >= 4 is 5.97 Å². The molecule has 1 fully saturated rings. The lowest BCUT2D eigenvalue weighted by atomic mass is 9.90. The standard InChI is InChI=1S/C15H21NO4/c1-2-6-15(14(19)20)7-3-8-16(15)10-11-4-5-12(17)13(18)9-11/h4-5,9,17-18H,2-3,6-8,10H2,1H3,(H,19,20). The first-order chi connectivity index (χ1) is 9.49. The number of aliphatic carboxylic acids is 1. The van der Waals surface area contributed by atoms with Crippen LogP contribution in [0.3, 0.4) is 0 Å². The van der Waals surface area contributed by atoms with E-state index in [2.05, 4.69) is 0 Å². The maximum Gasteiger partial charge on any atom is 0.324 e. The van der Waals surface area contributed by atoms with Gasteiger partial charge >= 0.3 is 5.97 Å². The summed E-state index contributed by atoms with van der Waals surface area (Å²) in [6, 6.07) is 4.64. The molecule has 1 saturated heterocycles. The van der Waals surface area contributed by atoms with Gasteiger partial charge in [0.2, 0.25) is 0 Å². The van der Waals surface area contributed by atoms with Gasteiger partial charge in [0.05, 0.1) is 0 Å². The number of carboxylic acid groups (broad SMARTS) is 1. The summed E-state index contributed by atoms with van der Waals surface area (Å²) in [6.45, 7) is 3.21. The van der Waals surface area contributed by atoms with Crippen LogP contribution >= 0.6 is 0 Å². The third kappa shape index (κ3) is 2.58. The van der Waals surface area contributed by atoms with Crippen LogP contribution in [0.25, 0.3) is 0 Å². The molecule has 1 atom stereocenters. The van der Waals surface area contributed by atoms with Gasteiger partial charge in [0.25, 0.3) is 0 Å². The zero-order valence-corrected chi connectivity index (χ0v) is 11.7. The van der Waals surface area contributed by atoms with Crippen LogP contribution in [0.5, 0.6) is 11.5 Å². The van der Waals surface area contributed by atoms with Crippen molar-refractivity contribution in [3.05, 3.63) is 23.8 Å². The Morgan fingerprint density at radius 2 is 2.10 bits per heavy atom. The third-order valence-electron chi connectivity index (χ3n) is 4.10. The van der Waals surface area contributed by atoms with E-state index in [-0.39, 0.29) is 11.5 Å². The summed E-state index contributed by atoms with van der Waals surface area (Å²) in [6.07, 6.45) is 2.99. The molecule has 5 nitrogen and oxygen atoms in total. The largest absolute Gasteiger partial charge is 0.504 e. The molecule has 0 saturated carbocycles. The van der Waals surface area contributed by atoms with Gasteiger partial charge in [-0.3, -0.25) is 9.69 Å². The molecule has 110 valence electrons. The molecule has 1 aliphatic rings. The van der Waals surface area contributed by atoms with Gasteiger partial charge in [0.1, 0.15) is 5.54 Å². The fraction of sp³-hybridized carbons (Fsp3) is 0.533. The molecule has 0 aromatic heterocycles. The molecule has 0 aliphatic carbocycles. The number of carboxylic acids is 1. The van der Waals surface area contributed by atoms with Crippen molar-refractivity contribution in [2.75, 3.05) is 6.54 Å². The van der Waals surface area contributed by atoms with Crippen molar-refractivity contribution in [1.82, 2.24) is 4.90 Å². The summed E-state index contributed by atoms with van der Waals surface area (Å²) in [5.41, 5.74) is 0.0198. The monoisotopic (exact) mass is 279 g/mol. The Labute approximate surface area is 118 Å². The van der Waals surface area contributed by atoms with E-state index in [1.54, 1.807) is 6.07 Å². The quantitative estimate of drug-likeness (QED) is 0.721. The molecular weight excluding hydrogens is 258 g/mol. The van der Waals surface area contributed by atoms with Crippen LogP contribution in [0.1, 0.15) is 38.2 Å². The molecule has 1 aromatic carbocycles. The number of rotatable bonds is 5. The minimum Gasteiger partial charge on any atom is -0.504 e. The number of carbonyl (C=O) groups is 1. The molecular formula is C15H21NO4. The zero-order valence-electron chi connectivity index (χ0n) is 11.7. The van der Waals surface area contributed by atoms with E-state index in [9.17, 15) is 20.1 Å². The first kappa shape index (κ1) is 14.7. The van der Waals surface area contributed by atoms with Crippen molar-refractivity contribution in [3.63, 3.8) is 0 Å². The van der Waals surface area contributed by atoms with Crippen molar-refractivity contribution in [2.45, 2.75) is 44.7 Å². The SMILES string of the molecule is CCCC1(C(=O)O)CCCN1Cc1ccc(O)c(O)c1. The highest BCUT2D eigenvalue weighted by Gasteiger charge is 2.46. The average molecular weight is 279 g/mol. The minimum absolute atomic E-state index is 0.159. The van der Waals surface area contributed by atoms with Crippen LogP contribution < -0.4 is 0 Å². The Kier molecular flexibility index (Phi) is 4.18. The van der Waals surface area contributed by atoms with Crippen molar-refractivity contribution in [3.8, 4) is 11.5 Å². The predicted octanol–water partition coefficient (Wildman–Crippen LogP) is 2.32. The highest BCUT2D eigenvalue weighted by atomic mass is 16.4. The average Bonchev–Trinajstić information content (AvgIpc) is 2.79. The molecule has 0 amide bonds. The number of nitrogens with zero attached hydrogens (tertiary/aromatic N) is 1. The smallest absolute Gasteiger partial charge is 0.324 e. The predicted molar refractivity (Wildman–Crippen MR) is 74.7 cm³/mol. The fourth-order valence-electron chi connectivity index (χ4n) is 3.10. The molecule has 2 rings (SSSR count). The van der Waals surface area contributed by atoms with E-state index < -0.39 is 11.5 Å². The molecule has 1 unspecified atom stereocenters. The molecule has 0 bridgehead atoms.